The van der Waals surface area contributed by atoms with Crippen LogP contribution in [0, 0.1) is 5.41 Å². The fourth-order valence-corrected chi connectivity index (χ4v) is 4.06. The van der Waals surface area contributed by atoms with E-state index in [1.165, 1.54) is 16.4 Å². The number of carbonyl (C=O) groups is 2. The second-order valence-electron chi connectivity index (χ2n) is 9.29. The molecule has 0 radical (unpaired) electrons. The fourth-order valence-electron chi connectivity index (χ4n) is 3.01. The van der Waals surface area contributed by atoms with Crippen molar-refractivity contribution in [2.75, 3.05) is 0 Å². The Morgan fingerprint density at radius 3 is 2.23 bits per heavy atom. The van der Waals surface area contributed by atoms with Gasteiger partial charge in [-0.3, -0.25) is 4.79 Å². The molecule has 0 atom stereocenters. The number of carboxylic acids is 1. The number of thioether (sulfide) groups is 1. The molecule has 7 heteroatoms. The largest absolute Gasteiger partial charge is 0.475 e. The van der Waals surface area contributed by atoms with Gasteiger partial charge in [-0.25, -0.2) is 14.5 Å². The topological polar surface area (TPSA) is 85.1 Å². The lowest BCUT2D eigenvalue weighted by atomic mass is 9.86. The first-order valence-corrected chi connectivity index (χ1v) is 11.3. The molecule has 6 nitrogen and oxygen atoms in total. The maximum Gasteiger partial charge on any atom is 0.373 e. The lowest BCUT2D eigenvalue weighted by Gasteiger charge is -2.27. The van der Waals surface area contributed by atoms with Crippen LogP contribution in [0.2, 0.25) is 0 Å². The molecule has 0 amide bonds. The molecule has 1 aromatic carbocycles. The number of hydrogen-bond acceptors (Lipinski definition) is 5. The smallest absolute Gasteiger partial charge is 0.373 e. The fraction of sp³-hybridized carbons (Fsp3) is 0.565. The number of ketones is 1. The van der Waals surface area contributed by atoms with Gasteiger partial charge in [-0.05, 0) is 37.8 Å². The van der Waals surface area contributed by atoms with Crippen LogP contribution in [0.15, 0.2) is 29.2 Å². The van der Waals surface area contributed by atoms with Gasteiger partial charge in [0.15, 0.2) is 5.82 Å². The molecule has 0 unspecified atom stereocenters. The minimum atomic E-state index is -1.07. The van der Waals surface area contributed by atoms with E-state index in [2.05, 4.69) is 37.8 Å². The van der Waals surface area contributed by atoms with Crippen LogP contribution < -0.4 is 0 Å². The van der Waals surface area contributed by atoms with E-state index in [-0.39, 0.29) is 17.0 Å². The Kier molecular flexibility index (Phi) is 7.86. The third-order valence-corrected chi connectivity index (χ3v) is 5.93. The van der Waals surface area contributed by atoms with Crippen LogP contribution in [0.3, 0.4) is 0 Å². The third kappa shape index (κ3) is 6.69. The molecule has 0 fully saturated rings. The lowest BCUT2D eigenvalue weighted by Crippen LogP contribution is -2.31. The average molecular weight is 432 g/mol. The molecule has 1 aromatic heterocycles. The zero-order chi connectivity index (χ0) is 22.5. The van der Waals surface area contributed by atoms with Crippen LogP contribution in [-0.4, -0.2) is 36.4 Å². The molecular weight excluding hydrogens is 398 g/mol. The summed E-state index contributed by atoms with van der Waals surface area (Å²) >= 11 is 1.54. The van der Waals surface area contributed by atoms with E-state index in [0.29, 0.717) is 18.8 Å². The van der Waals surface area contributed by atoms with Crippen molar-refractivity contribution in [1.82, 2.24) is 14.8 Å². The van der Waals surface area contributed by atoms with Gasteiger partial charge in [0, 0.05) is 23.4 Å². The molecule has 0 aliphatic heterocycles. The number of aromatic nitrogens is 3. The predicted octanol–water partition coefficient (Wildman–Crippen LogP) is 5.71. The Bertz CT molecular complexity index is 880. The van der Waals surface area contributed by atoms with Crippen molar-refractivity contribution in [2.45, 2.75) is 83.4 Å². The molecule has 2 aromatic rings. The number of rotatable bonds is 10. The van der Waals surface area contributed by atoms with Crippen LogP contribution in [0.5, 0.6) is 0 Å². The number of nitrogens with zero attached hydrogens (tertiary/aromatic N) is 3. The maximum atomic E-state index is 12.7. The third-order valence-electron chi connectivity index (χ3n) is 4.68. The van der Waals surface area contributed by atoms with Crippen molar-refractivity contribution >= 4 is 23.5 Å². The molecule has 0 saturated heterocycles. The number of aryl methyl sites for hydroxylation is 1. The Balaban J connectivity index is 2.16. The van der Waals surface area contributed by atoms with Gasteiger partial charge >= 0.3 is 5.97 Å². The highest BCUT2D eigenvalue weighted by Gasteiger charge is 2.31. The van der Waals surface area contributed by atoms with Crippen molar-refractivity contribution in [3.63, 3.8) is 0 Å². The zero-order valence-electron chi connectivity index (χ0n) is 18.9. The summed E-state index contributed by atoms with van der Waals surface area (Å²) in [5.74, 6) is -0.476. The summed E-state index contributed by atoms with van der Waals surface area (Å²) in [5, 5.41) is 13.8. The van der Waals surface area contributed by atoms with E-state index in [4.69, 9.17) is 0 Å². The monoisotopic (exact) mass is 431 g/mol. The Morgan fingerprint density at radius 1 is 1.07 bits per heavy atom. The zero-order valence-corrected chi connectivity index (χ0v) is 19.7. The van der Waals surface area contributed by atoms with Crippen molar-refractivity contribution in [3.05, 3.63) is 30.1 Å². The molecule has 0 saturated carbocycles. The first-order chi connectivity index (χ1) is 13.9. The highest BCUT2D eigenvalue weighted by atomic mass is 32.2. The van der Waals surface area contributed by atoms with Crippen LogP contribution in [-0.2, 0) is 11.3 Å². The van der Waals surface area contributed by atoms with Crippen LogP contribution in [0.25, 0.3) is 11.4 Å². The standard InChI is InChI=1S/C23H33N3O3S/c1-7-8-9-14-26-20(21(28)29)24-19(25-26)16-10-12-17(13-11-16)30-23(5,6)18(27)15-22(2,3)4/h10-13H,7-9,14-15H2,1-6H3,(H,28,29). The van der Waals surface area contributed by atoms with E-state index in [0.717, 1.165) is 29.7 Å². The van der Waals surface area contributed by atoms with Crippen molar-refractivity contribution in [1.29, 1.82) is 0 Å². The first-order valence-electron chi connectivity index (χ1n) is 10.4. The molecule has 164 valence electrons. The average Bonchev–Trinajstić information content (AvgIpc) is 3.05. The lowest BCUT2D eigenvalue weighted by molar-refractivity contribution is -0.122. The molecule has 0 aliphatic carbocycles. The van der Waals surface area contributed by atoms with E-state index in [1.807, 2.05) is 38.1 Å². The predicted molar refractivity (Wildman–Crippen MR) is 121 cm³/mol. The molecule has 0 aliphatic rings. The van der Waals surface area contributed by atoms with Gasteiger partial charge in [0.2, 0.25) is 5.82 Å². The van der Waals surface area contributed by atoms with E-state index in [1.54, 1.807) is 0 Å². The quantitative estimate of drug-likeness (QED) is 0.383. The molecular formula is C23H33N3O3S. The molecule has 2 rings (SSSR count). The Labute approximate surface area is 183 Å². The number of Topliss-reactive ketones (excluding diaryl/α,β-unsaturated/α-hetero) is 1. The summed E-state index contributed by atoms with van der Waals surface area (Å²) in [6, 6.07) is 7.63. The van der Waals surface area contributed by atoms with Crippen LogP contribution >= 0.6 is 11.8 Å². The number of unbranched alkanes of at least 4 members (excludes halogenated alkanes) is 2. The van der Waals surface area contributed by atoms with Crippen molar-refractivity contribution in [3.8, 4) is 11.4 Å². The van der Waals surface area contributed by atoms with Crippen LogP contribution in [0.1, 0.15) is 77.8 Å². The summed E-state index contributed by atoms with van der Waals surface area (Å²) < 4.78 is 0.953. The summed E-state index contributed by atoms with van der Waals surface area (Å²) in [7, 11) is 0. The summed E-state index contributed by atoms with van der Waals surface area (Å²) in [6.07, 6.45) is 3.47. The van der Waals surface area contributed by atoms with Crippen molar-refractivity contribution < 1.29 is 14.7 Å². The Hall–Kier alpha value is -2.15. The van der Waals surface area contributed by atoms with Gasteiger partial charge in [0.05, 0.1) is 4.75 Å². The van der Waals surface area contributed by atoms with E-state index < -0.39 is 10.7 Å². The van der Waals surface area contributed by atoms with Gasteiger partial charge in [-0.15, -0.1) is 11.8 Å². The van der Waals surface area contributed by atoms with Gasteiger partial charge in [-0.2, -0.15) is 5.10 Å². The molecule has 1 heterocycles. The minimum absolute atomic E-state index is 0.0338. The Morgan fingerprint density at radius 2 is 1.70 bits per heavy atom. The second kappa shape index (κ2) is 9.77. The summed E-state index contributed by atoms with van der Waals surface area (Å²) in [6.45, 7) is 12.8. The number of carboxylic acid groups (broad SMARTS) is 1. The minimum Gasteiger partial charge on any atom is -0.475 e. The van der Waals surface area contributed by atoms with Crippen LogP contribution in [0.4, 0.5) is 0 Å². The molecule has 30 heavy (non-hydrogen) atoms. The van der Waals surface area contributed by atoms with E-state index >= 15 is 0 Å². The summed E-state index contributed by atoms with van der Waals surface area (Å²) in [4.78, 5) is 29.4. The number of aromatic carboxylic acids is 1. The molecule has 1 N–H and O–H groups in total. The van der Waals surface area contributed by atoms with Gasteiger partial charge < -0.3 is 5.11 Å². The molecule has 0 spiro atoms. The number of hydrogen-bond donors (Lipinski definition) is 1. The van der Waals surface area contributed by atoms with Gasteiger partial charge in [0.1, 0.15) is 5.78 Å². The SMILES string of the molecule is CCCCCn1nc(-c2ccc(SC(C)(C)C(=O)CC(C)(C)C)cc2)nc1C(=O)O. The maximum absolute atomic E-state index is 12.7. The normalized spacial score (nSPS) is 12.2. The van der Waals surface area contributed by atoms with Crippen molar-refractivity contribution in [2.24, 2.45) is 5.41 Å². The second-order valence-corrected chi connectivity index (χ2v) is 11.0. The highest BCUT2D eigenvalue weighted by molar-refractivity contribution is 8.01. The molecule has 0 bridgehead atoms. The van der Waals surface area contributed by atoms with Gasteiger partial charge in [0.25, 0.3) is 0 Å². The highest BCUT2D eigenvalue weighted by Crippen LogP contribution is 2.37. The first kappa shape index (κ1) is 24.1. The summed E-state index contributed by atoms with van der Waals surface area (Å²) in [5.41, 5.74) is 0.720. The van der Waals surface area contributed by atoms with E-state index in [9.17, 15) is 14.7 Å². The van der Waals surface area contributed by atoms with Gasteiger partial charge in [-0.1, -0.05) is 52.7 Å². The number of benzene rings is 1. The number of carbonyl (C=O) groups excluding carboxylic acids is 1.